The minimum Gasteiger partial charge on any atom is -0.481 e. The average Bonchev–Trinajstić information content (AvgIpc) is 2.71. The molecule has 3 aromatic rings. The highest BCUT2D eigenvalue weighted by Crippen LogP contribution is 2.27. The summed E-state index contributed by atoms with van der Waals surface area (Å²) in [4.78, 5) is 29.7. The lowest BCUT2D eigenvalue weighted by Gasteiger charge is -2.20. The van der Waals surface area contributed by atoms with Crippen LogP contribution in [0.2, 0.25) is 0 Å². The highest BCUT2D eigenvalue weighted by Gasteiger charge is 2.25. The maximum absolute atomic E-state index is 13.2. The Bertz CT molecular complexity index is 1270. The van der Waals surface area contributed by atoms with E-state index in [0.29, 0.717) is 4.47 Å². The van der Waals surface area contributed by atoms with Crippen LogP contribution in [0.5, 0.6) is 5.75 Å². The SMILES string of the molecule is COC(=O)c1nc2c(N(C)S(C)(=O)=O)cc(Br)cn2c(=O)c1OCc1ccccc1. The molecule has 0 bridgehead atoms. The lowest BCUT2D eigenvalue weighted by molar-refractivity contribution is 0.0588. The number of aromatic nitrogens is 2. The molecule has 0 amide bonds. The van der Waals surface area contributed by atoms with Crippen LogP contribution < -0.4 is 14.6 Å². The van der Waals surface area contributed by atoms with Gasteiger partial charge in [0.25, 0.3) is 0 Å². The first-order chi connectivity index (χ1) is 14.1. The summed E-state index contributed by atoms with van der Waals surface area (Å²) >= 11 is 3.27. The fourth-order valence-corrected chi connectivity index (χ4v) is 3.59. The molecule has 11 heteroatoms. The number of fused-ring (bicyclic) bond motifs is 1. The Morgan fingerprint density at radius 3 is 2.53 bits per heavy atom. The molecule has 0 spiro atoms. The van der Waals surface area contributed by atoms with Crippen molar-refractivity contribution in [2.45, 2.75) is 6.61 Å². The molecule has 0 unspecified atom stereocenters. The van der Waals surface area contributed by atoms with Gasteiger partial charge in [0.2, 0.25) is 15.8 Å². The second kappa shape index (κ2) is 8.44. The first-order valence-electron chi connectivity index (χ1n) is 8.58. The molecular formula is C19H18BrN3O6S. The average molecular weight is 496 g/mol. The third-order valence-electron chi connectivity index (χ3n) is 4.27. The number of hydrogen-bond acceptors (Lipinski definition) is 7. The number of methoxy groups -OCH3 is 1. The number of halogens is 1. The van der Waals surface area contributed by atoms with Gasteiger partial charge < -0.3 is 9.47 Å². The maximum atomic E-state index is 13.2. The lowest BCUT2D eigenvalue weighted by atomic mass is 10.2. The van der Waals surface area contributed by atoms with Gasteiger partial charge in [-0.05, 0) is 27.6 Å². The van der Waals surface area contributed by atoms with E-state index in [1.54, 1.807) is 12.1 Å². The summed E-state index contributed by atoms with van der Waals surface area (Å²) in [6.07, 6.45) is 2.43. The molecule has 0 saturated carbocycles. The molecule has 0 radical (unpaired) electrons. The van der Waals surface area contributed by atoms with Crippen LogP contribution in [0.4, 0.5) is 5.69 Å². The van der Waals surface area contributed by atoms with Gasteiger partial charge in [0, 0.05) is 17.7 Å². The summed E-state index contributed by atoms with van der Waals surface area (Å²) < 4.78 is 37.0. The van der Waals surface area contributed by atoms with Gasteiger partial charge in [0.05, 0.1) is 19.1 Å². The van der Waals surface area contributed by atoms with E-state index in [4.69, 9.17) is 9.47 Å². The molecule has 0 fully saturated rings. The van der Waals surface area contributed by atoms with Gasteiger partial charge in [-0.25, -0.2) is 18.2 Å². The van der Waals surface area contributed by atoms with Crippen molar-refractivity contribution >= 4 is 43.3 Å². The van der Waals surface area contributed by atoms with Gasteiger partial charge >= 0.3 is 11.5 Å². The number of ether oxygens (including phenoxy) is 2. The summed E-state index contributed by atoms with van der Waals surface area (Å²) in [5.74, 6) is -1.18. The predicted molar refractivity (Wildman–Crippen MR) is 115 cm³/mol. The Morgan fingerprint density at radius 2 is 1.93 bits per heavy atom. The van der Waals surface area contributed by atoms with Crippen molar-refractivity contribution < 1.29 is 22.7 Å². The van der Waals surface area contributed by atoms with Crippen LogP contribution in [0.15, 0.2) is 51.9 Å². The summed E-state index contributed by atoms with van der Waals surface area (Å²) in [5, 5.41) is 0. The van der Waals surface area contributed by atoms with E-state index in [1.807, 2.05) is 18.2 Å². The number of carbonyl (C=O) groups is 1. The van der Waals surface area contributed by atoms with E-state index in [2.05, 4.69) is 20.9 Å². The molecule has 30 heavy (non-hydrogen) atoms. The highest BCUT2D eigenvalue weighted by molar-refractivity contribution is 9.10. The van der Waals surface area contributed by atoms with E-state index in [1.165, 1.54) is 19.3 Å². The summed E-state index contributed by atoms with van der Waals surface area (Å²) in [6, 6.07) is 10.6. The van der Waals surface area contributed by atoms with Gasteiger partial charge in [-0.2, -0.15) is 0 Å². The number of pyridine rings is 1. The van der Waals surface area contributed by atoms with Crippen molar-refractivity contribution in [1.29, 1.82) is 0 Å². The molecular weight excluding hydrogens is 478 g/mol. The van der Waals surface area contributed by atoms with Crippen molar-refractivity contribution in [2.75, 3.05) is 24.7 Å². The predicted octanol–water partition coefficient (Wildman–Crippen LogP) is 2.22. The fourth-order valence-electron chi connectivity index (χ4n) is 2.68. The van der Waals surface area contributed by atoms with E-state index < -0.39 is 21.6 Å². The topological polar surface area (TPSA) is 107 Å². The smallest absolute Gasteiger partial charge is 0.360 e. The summed E-state index contributed by atoms with van der Waals surface area (Å²) in [5.41, 5.74) is -0.179. The quantitative estimate of drug-likeness (QED) is 0.482. The normalized spacial score (nSPS) is 11.3. The Labute approximate surface area is 181 Å². The molecule has 3 rings (SSSR count). The van der Waals surface area contributed by atoms with Crippen LogP contribution >= 0.6 is 15.9 Å². The molecule has 2 aromatic heterocycles. The Balaban J connectivity index is 2.25. The van der Waals surface area contributed by atoms with Gasteiger partial charge in [-0.1, -0.05) is 30.3 Å². The lowest BCUT2D eigenvalue weighted by Crippen LogP contribution is -2.28. The molecule has 0 aliphatic carbocycles. The third-order valence-corrected chi connectivity index (χ3v) is 5.90. The van der Waals surface area contributed by atoms with Crippen LogP contribution in [-0.4, -0.2) is 44.2 Å². The zero-order valence-electron chi connectivity index (χ0n) is 16.3. The Kier molecular flexibility index (Phi) is 6.13. The molecule has 0 aliphatic heterocycles. The minimum absolute atomic E-state index is 0.0257. The summed E-state index contributed by atoms with van der Waals surface area (Å²) in [7, 11) is -1.19. The van der Waals surface area contributed by atoms with E-state index in [0.717, 1.165) is 27.6 Å². The number of esters is 1. The molecule has 0 aliphatic rings. The van der Waals surface area contributed by atoms with Crippen molar-refractivity contribution in [3.8, 4) is 5.75 Å². The highest BCUT2D eigenvalue weighted by atomic mass is 79.9. The second-order valence-corrected chi connectivity index (χ2v) is 9.26. The standard InChI is InChI=1S/C19H18BrN3O6S/c1-22(30(3,26)27)14-9-13(20)10-23-17(14)21-15(19(25)28-2)16(18(23)24)29-11-12-7-5-4-6-8-12/h4-10H,11H2,1-3H3. The molecule has 1 aromatic carbocycles. The van der Waals surface area contributed by atoms with Gasteiger partial charge in [0.1, 0.15) is 6.61 Å². The first-order valence-corrected chi connectivity index (χ1v) is 11.2. The van der Waals surface area contributed by atoms with Gasteiger partial charge in [-0.3, -0.25) is 13.5 Å². The third kappa shape index (κ3) is 4.31. The zero-order valence-corrected chi connectivity index (χ0v) is 18.7. The monoisotopic (exact) mass is 495 g/mol. The van der Waals surface area contributed by atoms with E-state index >= 15 is 0 Å². The van der Waals surface area contributed by atoms with Crippen molar-refractivity contribution in [3.63, 3.8) is 0 Å². The minimum atomic E-state index is -3.66. The summed E-state index contributed by atoms with van der Waals surface area (Å²) in [6.45, 7) is 0.0257. The van der Waals surface area contributed by atoms with Crippen LogP contribution in [0.3, 0.4) is 0 Å². The molecule has 0 saturated heterocycles. The first kappa shape index (κ1) is 21.8. The van der Waals surface area contributed by atoms with E-state index in [9.17, 15) is 18.0 Å². The van der Waals surface area contributed by atoms with Crippen LogP contribution in [0, 0.1) is 0 Å². The van der Waals surface area contributed by atoms with Crippen molar-refractivity contribution in [1.82, 2.24) is 9.38 Å². The fraction of sp³-hybridized carbons (Fsp3) is 0.211. The van der Waals surface area contributed by atoms with Crippen molar-refractivity contribution in [3.05, 3.63) is 68.7 Å². The van der Waals surface area contributed by atoms with Crippen LogP contribution in [0.25, 0.3) is 5.65 Å². The van der Waals surface area contributed by atoms with E-state index in [-0.39, 0.29) is 29.4 Å². The Morgan fingerprint density at radius 1 is 1.27 bits per heavy atom. The maximum Gasteiger partial charge on any atom is 0.360 e. The van der Waals surface area contributed by atoms with Crippen LogP contribution in [-0.2, 0) is 21.4 Å². The molecule has 0 atom stereocenters. The molecule has 158 valence electrons. The van der Waals surface area contributed by atoms with Gasteiger partial charge in [0.15, 0.2) is 11.3 Å². The van der Waals surface area contributed by atoms with Crippen LogP contribution in [0.1, 0.15) is 16.1 Å². The number of sulfonamides is 1. The largest absolute Gasteiger partial charge is 0.481 e. The second-order valence-electron chi connectivity index (χ2n) is 6.33. The molecule has 9 nitrogen and oxygen atoms in total. The number of anilines is 1. The molecule has 2 heterocycles. The Hall–Kier alpha value is -2.92. The molecule has 0 N–H and O–H groups in total. The number of hydrogen-bond donors (Lipinski definition) is 0. The van der Waals surface area contributed by atoms with Gasteiger partial charge in [-0.15, -0.1) is 0 Å². The zero-order chi connectivity index (χ0) is 22.1. The number of carbonyl (C=O) groups excluding carboxylic acids is 1. The number of rotatable bonds is 6. The number of benzene rings is 1. The number of nitrogens with zero attached hydrogens (tertiary/aromatic N) is 3. The van der Waals surface area contributed by atoms with Crippen molar-refractivity contribution in [2.24, 2.45) is 0 Å².